The smallest absolute Gasteiger partial charge is 0.266 e. The van der Waals surface area contributed by atoms with Gasteiger partial charge >= 0.3 is 0 Å². The molecule has 5 heteroatoms. The summed E-state index contributed by atoms with van der Waals surface area (Å²) in [5, 5.41) is 3.21. The van der Waals surface area contributed by atoms with Crippen molar-refractivity contribution in [2.75, 3.05) is 0 Å². The van der Waals surface area contributed by atoms with Crippen molar-refractivity contribution in [3.8, 4) is 0 Å². The molecule has 0 spiro atoms. The van der Waals surface area contributed by atoms with E-state index >= 15 is 0 Å². The Bertz CT molecular complexity index is 1350. The first-order chi connectivity index (χ1) is 11.2. The van der Waals surface area contributed by atoms with Crippen molar-refractivity contribution >= 4 is 54.0 Å². The highest BCUT2D eigenvalue weighted by molar-refractivity contribution is 9.10. The molecule has 0 N–H and O–H groups in total. The highest BCUT2D eigenvalue weighted by Crippen LogP contribution is 2.37. The number of pyridine rings is 2. The SMILES string of the molecule is O=c1c2ccccc2c2oc(Br)c3c4ccccc4c(=O)n1c23. The third kappa shape index (κ3) is 1.45. The number of halogens is 1. The van der Waals surface area contributed by atoms with Gasteiger partial charge in [0, 0.05) is 16.2 Å². The maximum atomic E-state index is 12.9. The summed E-state index contributed by atoms with van der Waals surface area (Å²) < 4.78 is 7.64. The van der Waals surface area contributed by atoms with Crippen molar-refractivity contribution in [1.29, 1.82) is 0 Å². The first kappa shape index (κ1) is 12.8. The normalized spacial score (nSPS) is 12.0. The molecule has 0 aliphatic rings. The lowest BCUT2D eigenvalue weighted by atomic mass is 10.1. The van der Waals surface area contributed by atoms with Crippen molar-refractivity contribution in [3.63, 3.8) is 0 Å². The summed E-state index contributed by atoms with van der Waals surface area (Å²) in [4.78, 5) is 25.7. The number of hydrogen-bond acceptors (Lipinski definition) is 3. The predicted octanol–water partition coefficient (Wildman–Crippen LogP) is 3.91. The molecule has 0 bridgehead atoms. The molecule has 23 heavy (non-hydrogen) atoms. The minimum absolute atomic E-state index is 0.317. The van der Waals surface area contributed by atoms with E-state index in [0.29, 0.717) is 31.9 Å². The van der Waals surface area contributed by atoms with Gasteiger partial charge in [0.05, 0.1) is 10.8 Å². The molecule has 110 valence electrons. The summed E-state index contributed by atoms with van der Waals surface area (Å²) in [7, 11) is 0. The van der Waals surface area contributed by atoms with Crippen LogP contribution in [0.3, 0.4) is 0 Å². The summed E-state index contributed by atoms with van der Waals surface area (Å²) in [6, 6.07) is 14.4. The molecule has 0 fully saturated rings. The second-order valence-corrected chi connectivity index (χ2v) is 6.19. The van der Waals surface area contributed by atoms with Gasteiger partial charge in [-0.15, -0.1) is 0 Å². The Morgan fingerprint density at radius 3 is 1.96 bits per heavy atom. The number of furan rings is 1. The Balaban J connectivity index is 2.34. The van der Waals surface area contributed by atoms with Crippen LogP contribution in [0.2, 0.25) is 0 Å². The first-order valence-electron chi connectivity index (χ1n) is 7.08. The van der Waals surface area contributed by atoms with E-state index in [2.05, 4.69) is 15.9 Å². The molecule has 0 amide bonds. The molecule has 0 atom stereocenters. The Morgan fingerprint density at radius 1 is 0.783 bits per heavy atom. The molecule has 2 aromatic carbocycles. The van der Waals surface area contributed by atoms with Crippen LogP contribution in [0, 0.1) is 0 Å². The van der Waals surface area contributed by atoms with Crippen LogP contribution in [-0.2, 0) is 0 Å². The van der Waals surface area contributed by atoms with Gasteiger partial charge in [-0.25, -0.2) is 4.40 Å². The van der Waals surface area contributed by atoms with Crippen LogP contribution in [0.25, 0.3) is 38.0 Å². The minimum Gasteiger partial charge on any atom is -0.446 e. The molecule has 4 nitrogen and oxygen atoms in total. The topological polar surface area (TPSA) is 51.7 Å². The van der Waals surface area contributed by atoms with E-state index in [1.807, 2.05) is 24.3 Å². The van der Waals surface area contributed by atoms with Gasteiger partial charge in [-0.2, -0.15) is 0 Å². The van der Waals surface area contributed by atoms with Gasteiger partial charge in [0.25, 0.3) is 11.1 Å². The van der Waals surface area contributed by atoms with Crippen molar-refractivity contribution in [2.24, 2.45) is 0 Å². The zero-order valence-corrected chi connectivity index (χ0v) is 13.3. The van der Waals surface area contributed by atoms with Crippen LogP contribution in [-0.4, -0.2) is 4.40 Å². The quantitative estimate of drug-likeness (QED) is 0.391. The van der Waals surface area contributed by atoms with E-state index in [4.69, 9.17) is 4.42 Å². The van der Waals surface area contributed by atoms with E-state index in [9.17, 15) is 9.59 Å². The highest BCUT2D eigenvalue weighted by Gasteiger charge is 2.22. The number of nitrogens with zero attached hydrogens (tertiary/aromatic N) is 1. The summed E-state index contributed by atoms with van der Waals surface area (Å²) in [5.74, 6) is 0. The molecule has 0 saturated carbocycles. The van der Waals surface area contributed by atoms with Gasteiger partial charge in [-0.3, -0.25) is 9.59 Å². The van der Waals surface area contributed by atoms with E-state index in [-0.39, 0.29) is 11.1 Å². The number of benzene rings is 2. The van der Waals surface area contributed by atoms with Crippen LogP contribution in [0.1, 0.15) is 0 Å². The van der Waals surface area contributed by atoms with Gasteiger partial charge in [-0.1, -0.05) is 36.4 Å². The fourth-order valence-corrected chi connectivity index (χ4v) is 3.88. The minimum atomic E-state index is -0.317. The molecule has 5 aromatic rings. The molecule has 0 aliphatic heterocycles. The van der Waals surface area contributed by atoms with E-state index in [0.717, 1.165) is 10.8 Å². The largest absolute Gasteiger partial charge is 0.446 e. The van der Waals surface area contributed by atoms with E-state index in [1.165, 1.54) is 4.40 Å². The lowest BCUT2D eigenvalue weighted by Crippen LogP contribution is -2.26. The van der Waals surface area contributed by atoms with Crippen molar-refractivity contribution in [3.05, 3.63) is 73.9 Å². The summed E-state index contributed by atoms with van der Waals surface area (Å²) in [6.45, 7) is 0. The number of fused-ring (bicyclic) bond motifs is 4. The lowest BCUT2D eigenvalue weighted by molar-refractivity contribution is 0.594. The van der Waals surface area contributed by atoms with Crippen molar-refractivity contribution < 1.29 is 4.42 Å². The number of hydrogen-bond donors (Lipinski definition) is 0. The second kappa shape index (κ2) is 4.20. The predicted molar refractivity (Wildman–Crippen MR) is 93.6 cm³/mol. The molecule has 0 aliphatic carbocycles. The fraction of sp³-hybridized carbons (Fsp3) is 0. The third-order valence-corrected chi connectivity index (χ3v) is 4.86. The summed E-state index contributed by atoms with van der Waals surface area (Å²) >= 11 is 3.44. The zero-order valence-electron chi connectivity index (χ0n) is 11.7. The second-order valence-electron chi connectivity index (χ2n) is 5.47. The molecule has 0 saturated heterocycles. The molecule has 0 unspecified atom stereocenters. The lowest BCUT2D eigenvalue weighted by Gasteiger charge is -2.05. The monoisotopic (exact) mass is 365 g/mol. The third-order valence-electron chi connectivity index (χ3n) is 4.30. The van der Waals surface area contributed by atoms with Gasteiger partial charge in [0.1, 0.15) is 5.52 Å². The van der Waals surface area contributed by atoms with Crippen LogP contribution in [0.4, 0.5) is 0 Å². The van der Waals surface area contributed by atoms with Crippen molar-refractivity contribution in [2.45, 2.75) is 0 Å². The van der Waals surface area contributed by atoms with Gasteiger partial charge in [0.15, 0.2) is 10.3 Å². The fourth-order valence-electron chi connectivity index (χ4n) is 3.32. The average molecular weight is 366 g/mol. The summed E-state index contributed by atoms with van der Waals surface area (Å²) in [6.07, 6.45) is 0. The van der Waals surface area contributed by atoms with Crippen molar-refractivity contribution in [1.82, 2.24) is 4.40 Å². The number of rotatable bonds is 0. The average Bonchev–Trinajstić information content (AvgIpc) is 2.92. The summed E-state index contributed by atoms with van der Waals surface area (Å²) in [5.41, 5.74) is 0.443. The Kier molecular flexibility index (Phi) is 2.35. The molecule has 3 heterocycles. The molecule has 3 aromatic heterocycles. The Labute approximate surface area is 137 Å². The first-order valence-corrected chi connectivity index (χ1v) is 7.87. The highest BCUT2D eigenvalue weighted by atomic mass is 79.9. The molecular weight excluding hydrogens is 358 g/mol. The van der Waals surface area contributed by atoms with Crippen LogP contribution < -0.4 is 11.1 Å². The van der Waals surface area contributed by atoms with Gasteiger partial charge in [0.2, 0.25) is 0 Å². The van der Waals surface area contributed by atoms with Crippen LogP contribution in [0.15, 0.2) is 67.2 Å². The Morgan fingerprint density at radius 2 is 1.30 bits per heavy atom. The van der Waals surface area contributed by atoms with Gasteiger partial charge in [-0.05, 0) is 28.1 Å². The standard InChI is InChI=1S/C18H8BrNO3/c19-16-13-9-5-1-3-7-11(9)17(21)20-14(13)15(23-16)10-6-2-4-8-12(10)18(20)22/h1-8H. The van der Waals surface area contributed by atoms with Crippen LogP contribution in [0.5, 0.6) is 0 Å². The zero-order chi connectivity index (χ0) is 15.7. The Hall–Kier alpha value is -2.66. The van der Waals surface area contributed by atoms with Gasteiger partial charge < -0.3 is 4.42 Å². The number of aromatic nitrogens is 1. The molecular formula is C18H8BrNO3. The maximum absolute atomic E-state index is 12.9. The van der Waals surface area contributed by atoms with E-state index in [1.54, 1.807) is 24.3 Å². The van der Waals surface area contributed by atoms with E-state index < -0.39 is 0 Å². The molecule has 5 rings (SSSR count). The molecule has 0 radical (unpaired) electrons. The van der Waals surface area contributed by atoms with Crippen LogP contribution >= 0.6 is 15.9 Å². The maximum Gasteiger partial charge on any atom is 0.266 e.